The predicted molar refractivity (Wildman–Crippen MR) is 72.8 cm³/mol. The second-order valence-corrected chi connectivity index (χ2v) is 4.38. The van der Waals surface area contributed by atoms with E-state index >= 15 is 0 Å². The molecule has 0 aliphatic carbocycles. The highest BCUT2D eigenvalue weighted by atomic mass is 19.1. The van der Waals surface area contributed by atoms with Crippen LogP contribution in [0.4, 0.5) is 8.78 Å². The van der Waals surface area contributed by atoms with Crippen molar-refractivity contribution in [3.8, 4) is 11.6 Å². The largest absolute Gasteiger partial charge is 0.436 e. The van der Waals surface area contributed by atoms with Crippen molar-refractivity contribution in [1.82, 2.24) is 10.3 Å². The van der Waals surface area contributed by atoms with Crippen LogP contribution in [-0.4, -0.2) is 11.5 Å². The maximum Gasteiger partial charge on any atom is 0.256 e. The van der Waals surface area contributed by atoms with Crippen molar-refractivity contribution >= 4 is 0 Å². The third kappa shape index (κ3) is 3.30. The molecular weight excluding hydrogens is 262 g/mol. The van der Waals surface area contributed by atoms with Gasteiger partial charge >= 0.3 is 0 Å². The van der Waals surface area contributed by atoms with Crippen molar-refractivity contribution in [1.29, 1.82) is 0 Å². The molecule has 0 unspecified atom stereocenters. The predicted octanol–water partition coefficient (Wildman–Crippen LogP) is 3.57. The van der Waals surface area contributed by atoms with Gasteiger partial charge in [0.15, 0.2) is 5.82 Å². The molecule has 0 spiro atoms. The van der Waals surface area contributed by atoms with Gasteiger partial charge in [-0.15, -0.1) is 0 Å². The highest BCUT2D eigenvalue weighted by molar-refractivity contribution is 5.33. The number of rotatable bonds is 5. The Balaban J connectivity index is 2.22. The van der Waals surface area contributed by atoms with E-state index in [1.54, 1.807) is 13.0 Å². The molecule has 1 heterocycles. The van der Waals surface area contributed by atoms with Crippen LogP contribution in [0.5, 0.6) is 11.6 Å². The summed E-state index contributed by atoms with van der Waals surface area (Å²) in [6.45, 7) is 4.71. The number of benzene rings is 1. The van der Waals surface area contributed by atoms with E-state index in [2.05, 4.69) is 10.3 Å². The van der Waals surface area contributed by atoms with Crippen LogP contribution in [0.1, 0.15) is 18.1 Å². The van der Waals surface area contributed by atoms with Crippen LogP contribution < -0.4 is 10.1 Å². The molecule has 5 heteroatoms. The van der Waals surface area contributed by atoms with Crippen LogP contribution in [-0.2, 0) is 6.54 Å². The van der Waals surface area contributed by atoms with Crippen LogP contribution in [0.2, 0.25) is 0 Å². The zero-order valence-corrected chi connectivity index (χ0v) is 11.4. The highest BCUT2D eigenvalue weighted by Gasteiger charge is 2.12. The van der Waals surface area contributed by atoms with Gasteiger partial charge in [-0.05, 0) is 43.3 Å². The molecule has 1 aromatic heterocycles. The summed E-state index contributed by atoms with van der Waals surface area (Å²) in [5.74, 6) is -0.579. The lowest BCUT2D eigenvalue weighted by Crippen LogP contribution is -2.13. The molecule has 1 aromatic carbocycles. The number of nitrogens with zero attached hydrogens (tertiary/aromatic N) is 1. The van der Waals surface area contributed by atoms with E-state index in [0.717, 1.165) is 6.54 Å². The summed E-state index contributed by atoms with van der Waals surface area (Å²) in [5, 5.41) is 3.04. The van der Waals surface area contributed by atoms with Crippen LogP contribution in [0.25, 0.3) is 0 Å². The van der Waals surface area contributed by atoms with E-state index in [-0.39, 0.29) is 11.7 Å². The summed E-state index contributed by atoms with van der Waals surface area (Å²) in [6.07, 6.45) is 1.49. The van der Waals surface area contributed by atoms with Crippen molar-refractivity contribution < 1.29 is 13.5 Å². The molecule has 0 amide bonds. The van der Waals surface area contributed by atoms with E-state index < -0.39 is 5.82 Å². The monoisotopic (exact) mass is 278 g/mol. The molecule has 0 aliphatic rings. The summed E-state index contributed by atoms with van der Waals surface area (Å²) in [6, 6.07) is 5.83. The molecule has 106 valence electrons. The Bertz CT molecular complexity index is 602. The lowest BCUT2D eigenvalue weighted by Gasteiger charge is -2.09. The first-order valence-electron chi connectivity index (χ1n) is 6.40. The first-order chi connectivity index (χ1) is 9.61. The second kappa shape index (κ2) is 6.43. The summed E-state index contributed by atoms with van der Waals surface area (Å²) < 4.78 is 32.7. The smallest absolute Gasteiger partial charge is 0.256 e. The van der Waals surface area contributed by atoms with Gasteiger partial charge in [0, 0.05) is 18.3 Å². The maximum atomic E-state index is 14.2. The molecule has 0 bridgehead atoms. The van der Waals surface area contributed by atoms with Gasteiger partial charge in [0.05, 0.1) is 0 Å². The molecule has 0 saturated heterocycles. The van der Waals surface area contributed by atoms with Crippen molar-refractivity contribution in [2.45, 2.75) is 20.4 Å². The summed E-state index contributed by atoms with van der Waals surface area (Å²) in [7, 11) is 0. The number of nitrogens with one attached hydrogen (secondary N) is 1. The first-order valence-corrected chi connectivity index (χ1v) is 6.40. The second-order valence-electron chi connectivity index (χ2n) is 4.38. The fourth-order valence-electron chi connectivity index (χ4n) is 1.72. The zero-order chi connectivity index (χ0) is 14.5. The summed E-state index contributed by atoms with van der Waals surface area (Å²) >= 11 is 0. The van der Waals surface area contributed by atoms with Crippen molar-refractivity contribution in [3.05, 3.63) is 53.2 Å². The Kier molecular flexibility index (Phi) is 4.63. The van der Waals surface area contributed by atoms with Gasteiger partial charge in [-0.3, -0.25) is 0 Å². The highest BCUT2D eigenvalue weighted by Crippen LogP contribution is 2.25. The standard InChI is InChI=1S/C15H16F2N2O/c1-3-18-9-11-6-7-19-15(14(11)17)20-12-4-5-13(16)10(2)8-12/h4-8,18H,3,9H2,1-2H3. The van der Waals surface area contributed by atoms with E-state index in [0.29, 0.717) is 23.4 Å². The quantitative estimate of drug-likeness (QED) is 0.908. The molecule has 0 atom stereocenters. The number of ether oxygens (including phenoxy) is 1. The van der Waals surface area contributed by atoms with E-state index in [1.807, 2.05) is 6.92 Å². The Morgan fingerprint density at radius 1 is 1.25 bits per heavy atom. The molecule has 1 N–H and O–H groups in total. The average Bonchev–Trinajstić information content (AvgIpc) is 2.44. The lowest BCUT2D eigenvalue weighted by atomic mass is 10.2. The third-order valence-corrected chi connectivity index (χ3v) is 2.85. The minimum absolute atomic E-state index is 0.105. The maximum absolute atomic E-state index is 14.2. The Hall–Kier alpha value is -2.01. The Labute approximate surface area is 116 Å². The topological polar surface area (TPSA) is 34.2 Å². The van der Waals surface area contributed by atoms with Crippen LogP contribution in [0.3, 0.4) is 0 Å². The number of hydrogen-bond donors (Lipinski definition) is 1. The molecule has 0 radical (unpaired) electrons. The van der Waals surface area contributed by atoms with Crippen LogP contribution in [0, 0.1) is 18.6 Å². The lowest BCUT2D eigenvalue weighted by molar-refractivity contribution is 0.416. The third-order valence-electron chi connectivity index (χ3n) is 2.85. The minimum atomic E-state index is -0.504. The van der Waals surface area contributed by atoms with Gasteiger partial charge in [0.25, 0.3) is 5.88 Å². The summed E-state index contributed by atoms with van der Waals surface area (Å²) in [4.78, 5) is 3.88. The van der Waals surface area contributed by atoms with Gasteiger partial charge in [-0.2, -0.15) is 0 Å². The number of aryl methyl sites for hydroxylation is 1. The molecule has 3 nitrogen and oxygen atoms in total. The SMILES string of the molecule is CCNCc1ccnc(Oc2ccc(F)c(C)c2)c1F. The van der Waals surface area contributed by atoms with Gasteiger partial charge < -0.3 is 10.1 Å². The fraction of sp³-hybridized carbons (Fsp3) is 0.267. The van der Waals surface area contributed by atoms with Crippen molar-refractivity contribution in [2.75, 3.05) is 6.54 Å². The number of hydrogen-bond acceptors (Lipinski definition) is 3. The van der Waals surface area contributed by atoms with E-state index in [4.69, 9.17) is 4.74 Å². The Morgan fingerprint density at radius 2 is 2.05 bits per heavy atom. The molecule has 0 aliphatic heterocycles. The summed E-state index contributed by atoms with van der Waals surface area (Å²) in [5.41, 5.74) is 0.919. The molecule has 20 heavy (non-hydrogen) atoms. The molecule has 2 rings (SSSR count). The number of halogens is 2. The minimum Gasteiger partial charge on any atom is -0.436 e. The number of aromatic nitrogens is 1. The van der Waals surface area contributed by atoms with Gasteiger partial charge in [-0.1, -0.05) is 6.92 Å². The molecule has 2 aromatic rings. The van der Waals surface area contributed by atoms with Crippen LogP contribution >= 0.6 is 0 Å². The fourth-order valence-corrected chi connectivity index (χ4v) is 1.72. The van der Waals surface area contributed by atoms with E-state index in [1.165, 1.54) is 24.4 Å². The van der Waals surface area contributed by atoms with E-state index in [9.17, 15) is 8.78 Å². The van der Waals surface area contributed by atoms with Crippen LogP contribution in [0.15, 0.2) is 30.5 Å². The molecular formula is C15H16F2N2O. The molecule has 0 saturated carbocycles. The number of pyridine rings is 1. The van der Waals surface area contributed by atoms with Crippen molar-refractivity contribution in [2.24, 2.45) is 0 Å². The zero-order valence-electron chi connectivity index (χ0n) is 11.4. The Morgan fingerprint density at radius 3 is 2.75 bits per heavy atom. The average molecular weight is 278 g/mol. The van der Waals surface area contributed by atoms with Gasteiger partial charge in [0.2, 0.25) is 0 Å². The van der Waals surface area contributed by atoms with Crippen molar-refractivity contribution in [3.63, 3.8) is 0 Å². The van der Waals surface area contributed by atoms with Gasteiger partial charge in [-0.25, -0.2) is 13.8 Å². The molecule has 0 fully saturated rings. The normalized spacial score (nSPS) is 10.6. The van der Waals surface area contributed by atoms with Gasteiger partial charge in [0.1, 0.15) is 11.6 Å². The first kappa shape index (κ1) is 14.4.